The molecule has 0 aliphatic carbocycles. The molecular formula is C12H14. The molecule has 0 radical (unpaired) electrons. The number of benzene rings is 1. The van der Waals surface area contributed by atoms with Crippen LogP contribution >= 0.6 is 0 Å². The zero-order valence-corrected chi connectivity index (χ0v) is 7.51. The van der Waals surface area contributed by atoms with Crippen LogP contribution in [-0.4, -0.2) is 0 Å². The van der Waals surface area contributed by atoms with E-state index in [-0.39, 0.29) is 0 Å². The van der Waals surface area contributed by atoms with Gasteiger partial charge < -0.3 is 0 Å². The first-order valence-electron chi connectivity index (χ1n) is 4.11. The third-order valence-corrected chi connectivity index (χ3v) is 1.80. The highest BCUT2D eigenvalue weighted by molar-refractivity contribution is 5.30. The fraction of sp³-hybridized carbons (Fsp3) is 0.167. The van der Waals surface area contributed by atoms with Crippen molar-refractivity contribution in [1.29, 1.82) is 0 Å². The molecule has 0 atom stereocenters. The lowest BCUT2D eigenvalue weighted by Crippen LogP contribution is -2.22. The lowest BCUT2D eigenvalue weighted by molar-refractivity contribution is 1.38. The summed E-state index contributed by atoms with van der Waals surface area (Å²) < 4.78 is 0. The van der Waals surface area contributed by atoms with E-state index >= 15 is 0 Å². The topological polar surface area (TPSA) is 0 Å². The van der Waals surface area contributed by atoms with E-state index in [1.165, 1.54) is 10.8 Å². The van der Waals surface area contributed by atoms with Crippen LogP contribution in [0, 0.1) is 6.92 Å². The molecule has 0 nitrogen and oxygen atoms in total. The normalized spacial score (nSPS) is 11.6. The molecular weight excluding hydrogens is 144 g/mol. The van der Waals surface area contributed by atoms with Crippen molar-refractivity contribution in [2.45, 2.75) is 13.3 Å². The molecule has 0 saturated heterocycles. The molecule has 0 aliphatic rings. The molecule has 0 saturated carbocycles. The van der Waals surface area contributed by atoms with Crippen molar-refractivity contribution in [1.82, 2.24) is 0 Å². The summed E-state index contributed by atoms with van der Waals surface area (Å²) >= 11 is 0. The Labute approximate surface area is 73.6 Å². The smallest absolute Gasteiger partial charge is 0.0163 e. The summed E-state index contributed by atoms with van der Waals surface area (Å²) in [5.41, 5.74) is 1.26. The highest BCUT2D eigenvalue weighted by Crippen LogP contribution is 1.86. The van der Waals surface area contributed by atoms with Gasteiger partial charge in [-0.15, -0.1) is 6.58 Å². The third kappa shape index (κ3) is 2.09. The Morgan fingerprint density at radius 3 is 2.75 bits per heavy atom. The molecule has 0 heterocycles. The molecule has 12 heavy (non-hydrogen) atoms. The van der Waals surface area contributed by atoms with Crippen LogP contribution < -0.4 is 10.4 Å². The quantitative estimate of drug-likeness (QED) is 0.575. The average Bonchev–Trinajstić information content (AvgIpc) is 2.03. The molecule has 0 aromatic heterocycles. The van der Waals surface area contributed by atoms with Gasteiger partial charge in [0.1, 0.15) is 0 Å². The first kappa shape index (κ1) is 8.79. The minimum Gasteiger partial charge on any atom is -0.103 e. The summed E-state index contributed by atoms with van der Waals surface area (Å²) in [6.45, 7) is 9.72. The summed E-state index contributed by atoms with van der Waals surface area (Å²) in [6, 6.07) is 6.29. The maximum Gasteiger partial charge on any atom is -0.0163 e. The van der Waals surface area contributed by atoms with Gasteiger partial charge >= 0.3 is 0 Å². The van der Waals surface area contributed by atoms with Gasteiger partial charge in [-0.05, 0) is 23.8 Å². The Morgan fingerprint density at radius 1 is 1.42 bits per heavy atom. The van der Waals surface area contributed by atoms with Crippen LogP contribution in [0.2, 0.25) is 0 Å². The average molecular weight is 158 g/mol. The van der Waals surface area contributed by atoms with Crippen molar-refractivity contribution in [3.05, 3.63) is 46.9 Å². The van der Waals surface area contributed by atoms with E-state index in [9.17, 15) is 0 Å². The Morgan fingerprint density at radius 2 is 2.17 bits per heavy atom. The number of aryl methyl sites for hydroxylation is 1. The van der Waals surface area contributed by atoms with Gasteiger partial charge in [0.2, 0.25) is 0 Å². The van der Waals surface area contributed by atoms with Crippen molar-refractivity contribution in [2.24, 2.45) is 0 Å². The summed E-state index contributed by atoms with van der Waals surface area (Å²) in [7, 11) is 0. The van der Waals surface area contributed by atoms with Crippen LogP contribution in [0.5, 0.6) is 0 Å². The van der Waals surface area contributed by atoms with Gasteiger partial charge in [0.25, 0.3) is 0 Å². The van der Waals surface area contributed by atoms with E-state index in [1.807, 2.05) is 6.08 Å². The van der Waals surface area contributed by atoms with Gasteiger partial charge in [-0.3, -0.25) is 0 Å². The SMILES string of the molecule is C=CC/C=c1/ccc(C)cc1=C. The second-order valence-corrected chi connectivity index (χ2v) is 2.93. The van der Waals surface area contributed by atoms with E-state index in [4.69, 9.17) is 0 Å². The highest BCUT2D eigenvalue weighted by Gasteiger charge is 1.83. The lowest BCUT2D eigenvalue weighted by atomic mass is 10.1. The molecule has 0 N–H and O–H groups in total. The number of allylic oxidation sites excluding steroid dienone is 1. The third-order valence-electron chi connectivity index (χ3n) is 1.80. The van der Waals surface area contributed by atoms with Gasteiger partial charge in [-0.1, -0.05) is 42.5 Å². The predicted molar refractivity (Wildman–Crippen MR) is 55.2 cm³/mol. The van der Waals surface area contributed by atoms with Crippen molar-refractivity contribution in [2.75, 3.05) is 0 Å². The summed E-state index contributed by atoms with van der Waals surface area (Å²) in [6.07, 6.45) is 4.93. The molecule has 62 valence electrons. The van der Waals surface area contributed by atoms with Gasteiger partial charge in [0, 0.05) is 0 Å². The fourth-order valence-corrected chi connectivity index (χ4v) is 1.14. The Hall–Kier alpha value is -1.30. The first-order valence-corrected chi connectivity index (χ1v) is 4.11. The van der Waals surface area contributed by atoms with Crippen molar-refractivity contribution >= 4 is 12.7 Å². The van der Waals surface area contributed by atoms with Gasteiger partial charge in [0.15, 0.2) is 0 Å². The van der Waals surface area contributed by atoms with E-state index in [0.717, 1.165) is 11.6 Å². The van der Waals surface area contributed by atoms with E-state index < -0.39 is 0 Å². The monoisotopic (exact) mass is 158 g/mol. The van der Waals surface area contributed by atoms with Crippen LogP contribution in [-0.2, 0) is 0 Å². The second kappa shape index (κ2) is 3.91. The van der Waals surface area contributed by atoms with Crippen molar-refractivity contribution < 1.29 is 0 Å². The van der Waals surface area contributed by atoms with Crippen molar-refractivity contribution in [3.63, 3.8) is 0 Å². The maximum absolute atomic E-state index is 3.97. The van der Waals surface area contributed by atoms with E-state index in [2.05, 4.69) is 44.4 Å². The molecule has 0 amide bonds. The first-order chi connectivity index (χ1) is 5.74. The second-order valence-electron chi connectivity index (χ2n) is 2.93. The molecule has 1 aromatic carbocycles. The van der Waals surface area contributed by atoms with Crippen LogP contribution in [0.15, 0.2) is 30.9 Å². The largest absolute Gasteiger partial charge is 0.103 e. The van der Waals surface area contributed by atoms with E-state index in [0.29, 0.717) is 0 Å². The molecule has 1 aromatic rings. The molecule has 0 unspecified atom stereocenters. The van der Waals surface area contributed by atoms with Crippen molar-refractivity contribution in [3.8, 4) is 0 Å². The minimum atomic E-state index is 0.908. The number of rotatable bonds is 2. The summed E-state index contributed by atoms with van der Waals surface area (Å²) in [4.78, 5) is 0. The molecule has 0 fully saturated rings. The zero-order chi connectivity index (χ0) is 8.97. The molecule has 0 heteroatoms. The molecule has 0 spiro atoms. The summed E-state index contributed by atoms with van der Waals surface area (Å²) in [5.74, 6) is 0. The molecule has 0 bridgehead atoms. The fourth-order valence-electron chi connectivity index (χ4n) is 1.14. The van der Waals surface area contributed by atoms with Gasteiger partial charge in [0.05, 0.1) is 0 Å². The van der Waals surface area contributed by atoms with Crippen LogP contribution in [0.4, 0.5) is 0 Å². The standard InChI is InChI=1S/C12H14/c1-4-5-6-12-8-7-10(2)9-11(12)3/h4,6-9H,1,3,5H2,2H3/b12-6-. The Bertz CT molecular complexity index is 372. The number of hydrogen-bond donors (Lipinski definition) is 0. The molecule has 1 rings (SSSR count). The molecule has 0 aliphatic heterocycles. The summed E-state index contributed by atoms with van der Waals surface area (Å²) in [5, 5.41) is 2.30. The maximum atomic E-state index is 3.97. The predicted octanol–water partition coefficient (Wildman–Crippen LogP) is 1.76. The van der Waals surface area contributed by atoms with Crippen LogP contribution in [0.3, 0.4) is 0 Å². The van der Waals surface area contributed by atoms with Gasteiger partial charge in [-0.2, -0.15) is 0 Å². The Kier molecular flexibility index (Phi) is 2.87. The highest BCUT2D eigenvalue weighted by atomic mass is 13.9. The minimum absolute atomic E-state index is 0.908. The zero-order valence-electron chi connectivity index (χ0n) is 7.51. The van der Waals surface area contributed by atoms with Crippen LogP contribution in [0.25, 0.3) is 12.7 Å². The number of hydrogen-bond acceptors (Lipinski definition) is 0. The lowest BCUT2D eigenvalue weighted by Gasteiger charge is -1.91. The van der Waals surface area contributed by atoms with E-state index in [1.54, 1.807) is 0 Å². The van der Waals surface area contributed by atoms with Gasteiger partial charge in [-0.25, -0.2) is 0 Å². The van der Waals surface area contributed by atoms with Crippen LogP contribution in [0.1, 0.15) is 12.0 Å². The Balaban J connectivity index is 3.18.